The van der Waals surface area contributed by atoms with Crippen molar-refractivity contribution in [3.63, 3.8) is 0 Å². The van der Waals surface area contributed by atoms with Crippen LogP contribution in [0.25, 0.3) is 0 Å². The molecular weight excluding hydrogens is 476 g/mol. The minimum atomic E-state index is -4.19. The molecule has 1 saturated heterocycles. The first-order valence-corrected chi connectivity index (χ1v) is 17.8. The summed E-state index contributed by atoms with van der Waals surface area (Å²) in [6.45, 7) is 0. The molecule has 2 unspecified atom stereocenters. The predicted octanol–water partition coefficient (Wildman–Crippen LogP) is 5.65. The Morgan fingerprint density at radius 3 is 1.92 bits per heavy atom. The van der Waals surface area contributed by atoms with Crippen LogP contribution in [-0.2, 0) is 11.9 Å². The van der Waals surface area contributed by atoms with Gasteiger partial charge in [-0.25, -0.2) is 0 Å². The molecule has 26 heavy (non-hydrogen) atoms. The van der Waals surface area contributed by atoms with E-state index in [4.69, 9.17) is 24.0 Å². The van der Waals surface area contributed by atoms with Crippen LogP contribution >= 0.6 is 17.8 Å². The van der Waals surface area contributed by atoms with Crippen LogP contribution in [0.2, 0.25) is 0 Å². The minimum absolute atomic E-state index is 0.461. The molecule has 0 aliphatic carbocycles. The van der Waals surface area contributed by atoms with Crippen LogP contribution in [0, 0.1) is 0 Å². The monoisotopic (exact) mass is 493 g/mol. The summed E-state index contributed by atoms with van der Waals surface area (Å²) in [6, 6.07) is 29.6. The van der Waals surface area contributed by atoms with E-state index in [1.165, 1.54) is 0 Å². The summed E-state index contributed by atoms with van der Waals surface area (Å²) in [6.07, 6.45) is -0.461. The number of rotatable bonds is 4. The van der Waals surface area contributed by atoms with Gasteiger partial charge in [0, 0.05) is 0 Å². The average Bonchev–Trinajstić information content (AvgIpc) is 2.95. The molecule has 3 aromatic carbocycles. The van der Waals surface area contributed by atoms with Gasteiger partial charge in [-0.3, -0.25) is 0 Å². The molecule has 1 fully saturated rings. The van der Waals surface area contributed by atoms with Crippen molar-refractivity contribution in [1.82, 2.24) is 0 Å². The molecule has 4 rings (SSSR count). The van der Waals surface area contributed by atoms with Crippen LogP contribution in [-0.4, -0.2) is 17.0 Å². The Hall–Kier alpha value is -1.24. The van der Waals surface area contributed by atoms with Gasteiger partial charge in [0.2, 0.25) is 0 Å². The Kier molecular flexibility index (Phi) is 5.17. The molecule has 0 spiro atoms. The van der Waals surface area contributed by atoms with E-state index in [-0.39, 0.29) is 0 Å². The Labute approximate surface area is 165 Å². The van der Waals surface area contributed by atoms with Gasteiger partial charge in [0.1, 0.15) is 0 Å². The molecular formula is C20H17Cl2NO2Sn. The van der Waals surface area contributed by atoms with Crippen LogP contribution in [0.3, 0.4) is 0 Å². The molecule has 0 bridgehead atoms. The maximum atomic E-state index is 6.50. The number of anilines is 1. The van der Waals surface area contributed by atoms with Gasteiger partial charge < -0.3 is 0 Å². The van der Waals surface area contributed by atoms with Crippen LogP contribution in [0.15, 0.2) is 91.0 Å². The summed E-state index contributed by atoms with van der Waals surface area (Å²) >= 11 is -4.19. The number of hydrogen-bond donors (Lipinski definition) is 1. The van der Waals surface area contributed by atoms with Gasteiger partial charge in [-0.1, -0.05) is 0 Å². The van der Waals surface area contributed by atoms with Gasteiger partial charge in [0.15, 0.2) is 0 Å². The summed E-state index contributed by atoms with van der Waals surface area (Å²) in [5.74, 6) is 0. The molecule has 6 heteroatoms. The van der Waals surface area contributed by atoms with E-state index in [0.717, 1.165) is 16.8 Å². The van der Waals surface area contributed by atoms with E-state index < -0.39 is 28.8 Å². The fourth-order valence-corrected chi connectivity index (χ4v) is 9.68. The van der Waals surface area contributed by atoms with Crippen LogP contribution < -0.4 is 5.32 Å². The third-order valence-corrected chi connectivity index (χ3v) is 9.60. The maximum absolute atomic E-state index is 6.50. The predicted molar refractivity (Wildman–Crippen MR) is 107 cm³/mol. The summed E-state index contributed by atoms with van der Waals surface area (Å²) in [7, 11) is 13.0. The molecule has 1 aliphatic heterocycles. The van der Waals surface area contributed by atoms with Crippen molar-refractivity contribution in [2.75, 3.05) is 5.32 Å². The SMILES string of the molecule is [Cl][Sn]1([Cl])[O]C(c2ccccc2)C(Nc2ccccc2)(c2ccccc2)[O]1. The number of nitrogens with one attached hydrogen (secondary N) is 1. The fraction of sp³-hybridized carbons (Fsp3) is 0.100. The van der Waals surface area contributed by atoms with Crippen LogP contribution in [0.4, 0.5) is 5.69 Å². The van der Waals surface area contributed by atoms with Gasteiger partial charge in [0.05, 0.1) is 0 Å². The molecule has 0 amide bonds. The quantitative estimate of drug-likeness (QED) is 0.477. The second kappa shape index (κ2) is 7.41. The molecule has 0 saturated carbocycles. The third-order valence-electron chi connectivity index (χ3n) is 4.31. The summed E-state index contributed by atoms with van der Waals surface area (Å²) in [5, 5.41) is 3.51. The van der Waals surface area contributed by atoms with E-state index in [1.807, 2.05) is 91.0 Å². The Morgan fingerprint density at radius 2 is 1.31 bits per heavy atom. The van der Waals surface area contributed by atoms with Gasteiger partial charge in [-0.2, -0.15) is 0 Å². The van der Waals surface area contributed by atoms with Crippen molar-refractivity contribution in [3.8, 4) is 0 Å². The zero-order valence-electron chi connectivity index (χ0n) is 13.8. The average molecular weight is 493 g/mol. The normalized spacial score (nSPS) is 24.3. The molecule has 0 radical (unpaired) electrons. The number of halogens is 2. The van der Waals surface area contributed by atoms with E-state index in [0.29, 0.717) is 0 Å². The second-order valence-electron chi connectivity index (χ2n) is 6.07. The fourth-order valence-electron chi connectivity index (χ4n) is 3.21. The van der Waals surface area contributed by atoms with Crippen molar-refractivity contribution in [2.45, 2.75) is 11.8 Å². The van der Waals surface area contributed by atoms with Gasteiger partial charge >= 0.3 is 166 Å². The van der Waals surface area contributed by atoms with Crippen LogP contribution in [0.1, 0.15) is 17.2 Å². The molecule has 132 valence electrons. The topological polar surface area (TPSA) is 30.5 Å². The molecule has 1 heterocycles. The van der Waals surface area contributed by atoms with E-state index in [2.05, 4.69) is 5.32 Å². The Bertz CT molecular complexity index is 865. The first kappa shape index (κ1) is 18.1. The standard InChI is InChI=1S/C20H17NO2.2ClH.Sn/c22-19(16-10-4-1-5-11-16)20(23,17-12-6-2-7-13-17)21-18-14-8-3-9-15-18;;;/h1-15,19,21H;2*1H;/q-2;;;+4/p-2. The van der Waals surface area contributed by atoms with E-state index in [1.54, 1.807) is 0 Å². The second-order valence-corrected chi connectivity index (χ2v) is 17.9. The Morgan fingerprint density at radius 1 is 0.769 bits per heavy atom. The van der Waals surface area contributed by atoms with E-state index >= 15 is 0 Å². The Balaban J connectivity index is 1.87. The molecule has 0 aromatic heterocycles. The van der Waals surface area contributed by atoms with E-state index in [9.17, 15) is 0 Å². The molecule has 3 aromatic rings. The van der Waals surface area contributed by atoms with Crippen molar-refractivity contribution >= 4 is 40.5 Å². The van der Waals surface area contributed by atoms with Crippen molar-refractivity contribution < 1.29 is 6.15 Å². The van der Waals surface area contributed by atoms with Gasteiger partial charge in [0.25, 0.3) is 0 Å². The van der Waals surface area contributed by atoms with Crippen LogP contribution in [0.5, 0.6) is 0 Å². The van der Waals surface area contributed by atoms with Crippen molar-refractivity contribution in [3.05, 3.63) is 102 Å². The van der Waals surface area contributed by atoms with Crippen molar-refractivity contribution in [1.29, 1.82) is 0 Å². The number of hydrogen-bond acceptors (Lipinski definition) is 3. The number of para-hydroxylation sites is 1. The molecule has 1 aliphatic rings. The molecule has 2 atom stereocenters. The third kappa shape index (κ3) is 3.59. The first-order valence-electron chi connectivity index (χ1n) is 8.29. The zero-order valence-corrected chi connectivity index (χ0v) is 18.2. The van der Waals surface area contributed by atoms with Gasteiger partial charge in [-0.15, -0.1) is 0 Å². The van der Waals surface area contributed by atoms with Gasteiger partial charge in [-0.05, 0) is 0 Å². The molecule has 3 nitrogen and oxygen atoms in total. The summed E-state index contributed by atoms with van der Waals surface area (Å²) < 4.78 is 12.4. The first-order chi connectivity index (χ1) is 12.6. The van der Waals surface area contributed by atoms with Crippen molar-refractivity contribution in [2.24, 2.45) is 0 Å². The summed E-state index contributed by atoms with van der Waals surface area (Å²) in [4.78, 5) is 0. The summed E-state index contributed by atoms with van der Waals surface area (Å²) in [5.41, 5.74) is 1.78. The zero-order chi connectivity index (χ0) is 18.0. The molecule has 1 N–H and O–H groups in total. The number of benzene rings is 3.